The molecule has 0 spiro atoms. The molecule has 0 atom stereocenters. The quantitative estimate of drug-likeness (QED) is 0.174. The number of rotatable bonds is 6. The Balaban J connectivity index is 1.46. The fraction of sp³-hybridized carbons (Fsp3) is 0. The van der Waals surface area contributed by atoms with Crippen molar-refractivity contribution < 1.29 is 42.8 Å². The van der Waals surface area contributed by atoms with Crippen LogP contribution in [0, 0.1) is 0 Å². The SMILES string of the molecule is [2H]c1cc(-c2ccc(N(c3c([2H])cc4c5c([2H])c([2H])c([2H])c([2H])c5n(-c5c([2H])c([2H])c([2H])c([2H])c5[2H])c4c3[2H])c3c([2H])c([2H])c([2H])c4oc5c([2H])c([2H])c(-c6c([2H])c([2H])c([2H])c([2H])c6[2H])c([2H])c5c34)c([2H])c2[2H])c([2H])c([2H])c1[2H]. The molecule has 51 heavy (non-hydrogen) atoms. The van der Waals surface area contributed by atoms with E-state index in [9.17, 15) is 9.60 Å². The molecule has 0 amide bonds. The minimum atomic E-state index is -1.01. The Labute approximate surface area is 335 Å². The Morgan fingerprint density at radius 2 is 1.18 bits per heavy atom. The second kappa shape index (κ2) is 11.9. The summed E-state index contributed by atoms with van der Waals surface area (Å²) in [7, 11) is 0. The maximum absolute atomic E-state index is 10.2. The third kappa shape index (κ3) is 4.90. The summed E-state index contributed by atoms with van der Waals surface area (Å²) >= 11 is 0. The summed E-state index contributed by atoms with van der Waals surface area (Å²) in [4.78, 5) is 0.770. The van der Waals surface area contributed by atoms with Gasteiger partial charge >= 0.3 is 0 Å². The Morgan fingerprint density at radius 3 is 2.06 bits per heavy atom. The van der Waals surface area contributed by atoms with E-state index >= 15 is 0 Å². The molecule has 3 heteroatoms. The van der Waals surface area contributed by atoms with E-state index in [-0.39, 0.29) is 16.5 Å². The van der Waals surface area contributed by atoms with Crippen LogP contribution in [0.5, 0.6) is 0 Å². The van der Waals surface area contributed by atoms with Crippen molar-refractivity contribution in [2.75, 3.05) is 4.90 Å². The highest BCUT2D eigenvalue weighted by atomic mass is 16.3. The highest BCUT2D eigenvalue weighted by Crippen LogP contribution is 2.45. The molecule has 0 unspecified atom stereocenters. The smallest absolute Gasteiger partial charge is 0.137 e. The van der Waals surface area contributed by atoms with E-state index in [4.69, 9.17) is 33.2 Å². The standard InChI is InChI=1S/C48H32N2O/c1-4-13-33(14-5-1)35-23-26-38(27-24-35)49(39-28-29-41-40-19-10-11-20-43(40)50(45(41)32-39)37-17-8-3-9-18-37)44-21-12-22-47-48(44)42-31-36(25-30-46(42)51-47)34-15-6-2-7-16-34/h1-32H/i1D,2D,3D,4D,5D,6D,7D,8D,9D,10D,11D,12D,13D,15D,16D,17D,18D,19D,20D,21D,22D,23D,25D,26D,28D,30D,31D,32D. The molecule has 3 nitrogen and oxygen atoms in total. The summed E-state index contributed by atoms with van der Waals surface area (Å²) in [5, 5.41) is -1.95. The molecule has 10 aromatic rings. The van der Waals surface area contributed by atoms with E-state index in [0.29, 0.717) is 0 Å². The van der Waals surface area contributed by atoms with Gasteiger partial charge in [0.25, 0.3) is 0 Å². The van der Waals surface area contributed by atoms with Crippen LogP contribution in [0.15, 0.2) is 198 Å². The highest BCUT2D eigenvalue weighted by Gasteiger charge is 2.22. The summed E-state index contributed by atoms with van der Waals surface area (Å²) in [5.41, 5.74) is -7.40. The van der Waals surface area contributed by atoms with Gasteiger partial charge in [0.15, 0.2) is 0 Å². The largest absolute Gasteiger partial charge is 0.456 e. The molecular formula is C48H32N2O. The van der Waals surface area contributed by atoms with Crippen LogP contribution in [0.25, 0.3) is 71.7 Å². The van der Waals surface area contributed by atoms with Gasteiger partial charge in [0, 0.05) is 33.2 Å². The molecule has 0 aliphatic carbocycles. The van der Waals surface area contributed by atoms with Crippen molar-refractivity contribution in [3.63, 3.8) is 0 Å². The maximum atomic E-state index is 10.2. The molecule has 0 radical (unpaired) electrons. The average molecular weight is 681 g/mol. The van der Waals surface area contributed by atoms with Gasteiger partial charge in [-0.3, -0.25) is 0 Å². The summed E-state index contributed by atoms with van der Waals surface area (Å²) in [6.07, 6.45) is 0. The van der Waals surface area contributed by atoms with Crippen LogP contribution in [-0.4, -0.2) is 4.57 Å². The van der Waals surface area contributed by atoms with E-state index in [1.807, 2.05) is 0 Å². The number of fused-ring (bicyclic) bond motifs is 6. The van der Waals surface area contributed by atoms with Crippen molar-refractivity contribution in [1.29, 1.82) is 0 Å². The van der Waals surface area contributed by atoms with Gasteiger partial charge in [-0.2, -0.15) is 0 Å². The van der Waals surface area contributed by atoms with Gasteiger partial charge in [-0.15, -0.1) is 0 Å². The molecule has 0 aliphatic heterocycles. The highest BCUT2D eigenvalue weighted by molar-refractivity contribution is 6.15. The zero-order valence-corrected chi connectivity index (χ0v) is 25.6. The van der Waals surface area contributed by atoms with E-state index in [0.717, 1.165) is 33.7 Å². The predicted molar refractivity (Wildman–Crippen MR) is 214 cm³/mol. The molecule has 0 fully saturated rings. The van der Waals surface area contributed by atoms with E-state index in [1.165, 1.54) is 0 Å². The fourth-order valence-electron chi connectivity index (χ4n) is 5.82. The lowest BCUT2D eigenvalue weighted by Crippen LogP contribution is -2.10. The number of para-hydroxylation sites is 2. The van der Waals surface area contributed by atoms with E-state index in [1.54, 1.807) is 0 Å². The van der Waals surface area contributed by atoms with E-state index in [2.05, 4.69) is 0 Å². The van der Waals surface area contributed by atoms with Crippen LogP contribution >= 0.6 is 0 Å². The summed E-state index contributed by atoms with van der Waals surface area (Å²) in [5.74, 6) is 0. The molecule has 0 aliphatic rings. The lowest BCUT2D eigenvalue weighted by atomic mass is 10.0. The second-order valence-corrected chi connectivity index (χ2v) is 10.8. The van der Waals surface area contributed by atoms with Crippen molar-refractivity contribution in [3.05, 3.63) is 193 Å². The van der Waals surface area contributed by atoms with Crippen molar-refractivity contribution in [2.24, 2.45) is 0 Å². The van der Waals surface area contributed by atoms with Crippen LogP contribution in [0.3, 0.4) is 0 Å². The van der Waals surface area contributed by atoms with Crippen LogP contribution in [0.4, 0.5) is 17.1 Å². The number of furan rings is 1. The molecule has 0 saturated heterocycles. The monoisotopic (exact) mass is 680 g/mol. The number of aromatic nitrogens is 1. The normalized spacial score (nSPS) is 19.2. The predicted octanol–water partition coefficient (Wildman–Crippen LogP) is 13.5. The topological polar surface area (TPSA) is 21.3 Å². The Bertz CT molecular complexity index is 4430. The molecule has 0 N–H and O–H groups in total. The minimum absolute atomic E-state index is 0.265. The van der Waals surface area contributed by atoms with Gasteiger partial charge in [0.1, 0.15) is 11.2 Å². The Hall–Kier alpha value is -6.84. The van der Waals surface area contributed by atoms with Crippen molar-refractivity contribution in [2.45, 2.75) is 0 Å². The van der Waals surface area contributed by atoms with Crippen LogP contribution in [-0.2, 0) is 0 Å². The molecule has 240 valence electrons. The molecule has 2 aromatic heterocycles. The van der Waals surface area contributed by atoms with Crippen LogP contribution in [0.2, 0.25) is 0 Å². The van der Waals surface area contributed by atoms with Crippen LogP contribution in [0.1, 0.15) is 38.4 Å². The molecular weight excluding hydrogens is 621 g/mol. The lowest BCUT2D eigenvalue weighted by Gasteiger charge is -2.27. The van der Waals surface area contributed by atoms with Crippen LogP contribution < -0.4 is 4.90 Å². The van der Waals surface area contributed by atoms with Crippen molar-refractivity contribution in [1.82, 2.24) is 4.57 Å². The number of hydrogen-bond acceptors (Lipinski definition) is 2. The molecule has 2 heterocycles. The average Bonchev–Trinajstić information content (AvgIpc) is 2.86. The van der Waals surface area contributed by atoms with Gasteiger partial charge in [-0.25, -0.2) is 0 Å². The summed E-state index contributed by atoms with van der Waals surface area (Å²) in [6.45, 7) is 0. The van der Waals surface area contributed by atoms with E-state index < -0.39 is 241 Å². The zero-order chi connectivity index (χ0) is 58.1. The first-order valence-corrected chi connectivity index (χ1v) is 15.1. The Morgan fingerprint density at radius 1 is 0.431 bits per heavy atom. The Kier molecular flexibility index (Phi) is 2.92. The van der Waals surface area contributed by atoms with Gasteiger partial charge in [0.05, 0.1) is 60.5 Å². The summed E-state index contributed by atoms with van der Waals surface area (Å²) in [6, 6.07) is -19.5. The summed E-state index contributed by atoms with van der Waals surface area (Å²) < 4.78 is 257. The van der Waals surface area contributed by atoms with Crippen molar-refractivity contribution >= 4 is 60.8 Å². The zero-order valence-electron chi connectivity index (χ0n) is 53.6. The molecule has 10 rings (SSSR count). The number of anilines is 3. The number of benzene rings is 8. The first-order chi connectivity index (χ1) is 36.9. The first-order valence-electron chi connectivity index (χ1n) is 29.1. The lowest BCUT2D eigenvalue weighted by molar-refractivity contribution is 0.669. The number of nitrogens with zero attached hydrogens (tertiary/aromatic N) is 2. The maximum Gasteiger partial charge on any atom is 0.137 e. The minimum Gasteiger partial charge on any atom is -0.456 e. The van der Waals surface area contributed by atoms with Gasteiger partial charge in [0.2, 0.25) is 0 Å². The van der Waals surface area contributed by atoms with Gasteiger partial charge in [-0.1, -0.05) is 127 Å². The van der Waals surface area contributed by atoms with Gasteiger partial charge < -0.3 is 13.9 Å². The third-order valence-corrected chi connectivity index (χ3v) is 8.00. The molecule has 8 aromatic carbocycles. The molecule has 0 bridgehead atoms. The van der Waals surface area contributed by atoms with Gasteiger partial charge in [-0.05, 0) is 88.7 Å². The molecule has 0 saturated carbocycles. The third-order valence-electron chi connectivity index (χ3n) is 8.00. The van der Waals surface area contributed by atoms with Crippen molar-refractivity contribution in [3.8, 4) is 27.9 Å². The second-order valence-electron chi connectivity index (χ2n) is 10.8. The number of hydrogen-bond donors (Lipinski definition) is 0. The fourth-order valence-corrected chi connectivity index (χ4v) is 5.82. The first kappa shape index (κ1) is 12.5.